The van der Waals surface area contributed by atoms with Crippen LogP contribution < -0.4 is 16.2 Å². The van der Waals surface area contributed by atoms with E-state index in [0.29, 0.717) is 6.61 Å². The second-order valence-electron chi connectivity index (χ2n) is 3.73. The maximum Gasteiger partial charge on any atom is 0.219 e. The quantitative estimate of drug-likeness (QED) is 0.787. The molecule has 0 radical (unpaired) electrons. The smallest absolute Gasteiger partial charge is 0.219 e. The first-order valence-corrected chi connectivity index (χ1v) is 5.31. The Balaban J connectivity index is 2.83. The summed E-state index contributed by atoms with van der Waals surface area (Å²) < 4.78 is 5.42. The van der Waals surface area contributed by atoms with Gasteiger partial charge in [-0.15, -0.1) is 0 Å². The molecule has 0 spiro atoms. The summed E-state index contributed by atoms with van der Waals surface area (Å²) in [5, 5.41) is 0. The van der Waals surface area contributed by atoms with Gasteiger partial charge < -0.3 is 16.2 Å². The summed E-state index contributed by atoms with van der Waals surface area (Å²) in [5.74, 6) is 0.455. The lowest BCUT2D eigenvalue weighted by Crippen LogP contribution is -2.20. The second kappa shape index (κ2) is 5.51. The molecular formula is C12H18N2O2. The molecule has 4 nitrogen and oxygen atoms in total. The van der Waals surface area contributed by atoms with Crippen molar-refractivity contribution in [2.24, 2.45) is 11.5 Å². The Kier molecular flexibility index (Phi) is 4.31. The molecule has 1 amide bonds. The van der Waals surface area contributed by atoms with Crippen LogP contribution in [-0.4, -0.2) is 12.5 Å². The highest BCUT2D eigenvalue weighted by Gasteiger charge is 2.10. The molecule has 0 bridgehead atoms. The van der Waals surface area contributed by atoms with Crippen molar-refractivity contribution in [2.45, 2.75) is 26.3 Å². The molecule has 1 rings (SSSR count). The van der Waals surface area contributed by atoms with E-state index in [9.17, 15) is 4.79 Å². The van der Waals surface area contributed by atoms with Crippen LogP contribution in [0.2, 0.25) is 0 Å². The van der Waals surface area contributed by atoms with E-state index in [1.54, 1.807) is 0 Å². The predicted octanol–water partition coefficient (Wildman–Crippen LogP) is 1.27. The van der Waals surface area contributed by atoms with Crippen LogP contribution in [0.3, 0.4) is 0 Å². The van der Waals surface area contributed by atoms with Gasteiger partial charge in [0, 0.05) is 12.5 Å². The van der Waals surface area contributed by atoms with Gasteiger partial charge in [-0.2, -0.15) is 0 Å². The highest BCUT2D eigenvalue weighted by molar-refractivity contribution is 5.74. The van der Waals surface area contributed by atoms with E-state index in [2.05, 4.69) is 0 Å². The van der Waals surface area contributed by atoms with Crippen molar-refractivity contribution in [3.05, 3.63) is 29.3 Å². The number of primary amides is 1. The zero-order chi connectivity index (χ0) is 12.1. The Bertz CT molecular complexity index is 377. The van der Waals surface area contributed by atoms with Gasteiger partial charge in [0.2, 0.25) is 5.91 Å². The van der Waals surface area contributed by atoms with Crippen molar-refractivity contribution in [3.8, 4) is 5.75 Å². The maximum atomic E-state index is 10.8. The number of benzene rings is 1. The molecule has 4 N–H and O–H groups in total. The second-order valence-corrected chi connectivity index (χ2v) is 3.73. The molecule has 88 valence electrons. The highest BCUT2D eigenvalue weighted by Crippen LogP contribution is 2.23. The van der Waals surface area contributed by atoms with E-state index in [4.69, 9.17) is 16.2 Å². The molecule has 4 heteroatoms. The Hall–Kier alpha value is -1.55. The fourth-order valence-corrected chi connectivity index (χ4v) is 1.56. The molecule has 16 heavy (non-hydrogen) atoms. The van der Waals surface area contributed by atoms with Gasteiger partial charge >= 0.3 is 0 Å². The molecule has 0 heterocycles. The number of hydrogen-bond acceptors (Lipinski definition) is 3. The van der Waals surface area contributed by atoms with Crippen LogP contribution in [-0.2, 0) is 4.79 Å². The first-order valence-electron chi connectivity index (χ1n) is 5.31. The van der Waals surface area contributed by atoms with E-state index in [1.165, 1.54) is 0 Å². The van der Waals surface area contributed by atoms with Crippen LogP contribution in [0.15, 0.2) is 18.2 Å². The summed E-state index contributed by atoms with van der Waals surface area (Å²) in [6.07, 6.45) is 0.160. The van der Waals surface area contributed by atoms with Crippen molar-refractivity contribution in [1.29, 1.82) is 0 Å². The van der Waals surface area contributed by atoms with E-state index in [1.807, 2.05) is 32.0 Å². The summed E-state index contributed by atoms with van der Waals surface area (Å²) in [5.41, 5.74) is 12.9. The molecule has 0 aliphatic carbocycles. The Morgan fingerprint density at radius 1 is 1.50 bits per heavy atom. The number of nitrogens with two attached hydrogens (primary N) is 2. The molecule has 0 aliphatic rings. The number of carbonyl (C=O) groups excluding carboxylic acids is 1. The van der Waals surface area contributed by atoms with Crippen LogP contribution in [0.25, 0.3) is 0 Å². The molecule has 0 aromatic heterocycles. The van der Waals surface area contributed by atoms with Crippen LogP contribution in [0, 0.1) is 6.92 Å². The number of rotatable bonds is 5. The van der Waals surface area contributed by atoms with E-state index < -0.39 is 0 Å². The highest BCUT2D eigenvalue weighted by atomic mass is 16.5. The Labute approximate surface area is 95.6 Å². The topological polar surface area (TPSA) is 78.3 Å². The average Bonchev–Trinajstić information content (AvgIpc) is 2.20. The van der Waals surface area contributed by atoms with Crippen LogP contribution >= 0.6 is 0 Å². The molecule has 0 saturated heterocycles. The monoisotopic (exact) mass is 222 g/mol. The fourth-order valence-electron chi connectivity index (χ4n) is 1.56. The van der Waals surface area contributed by atoms with Gasteiger partial charge in [-0.1, -0.05) is 12.1 Å². The predicted molar refractivity (Wildman–Crippen MR) is 63.1 cm³/mol. The molecule has 1 aromatic rings. The van der Waals surface area contributed by atoms with E-state index in [-0.39, 0.29) is 18.4 Å². The molecule has 0 aliphatic heterocycles. The normalized spacial score (nSPS) is 12.2. The summed E-state index contributed by atoms with van der Waals surface area (Å²) in [4.78, 5) is 10.8. The number of aryl methyl sites for hydroxylation is 1. The van der Waals surface area contributed by atoms with Gasteiger partial charge in [0.25, 0.3) is 0 Å². The summed E-state index contributed by atoms with van der Waals surface area (Å²) in [7, 11) is 0. The molecule has 1 atom stereocenters. The molecule has 1 aromatic carbocycles. The lowest BCUT2D eigenvalue weighted by molar-refractivity contribution is -0.118. The third kappa shape index (κ3) is 3.24. The zero-order valence-electron chi connectivity index (χ0n) is 9.69. The van der Waals surface area contributed by atoms with Crippen molar-refractivity contribution < 1.29 is 9.53 Å². The first kappa shape index (κ1) is 12.5. The minimum absolute atomic E-state index is 0.160. The minimum atomic E-state index is -0.390. The van der Waals surface area contributed by atoms with Gasteiger partial charge in [-0.05, 0) is 31.0 Å². The standard InChI is InChI=1S/C12H18N2O2/c1-3-16-11-5-4-9(6-8(11)2)10(13)7-12(14)15/h4-6,10H,3,7,13H2,1-2H3,(H2,14,15). The van der Waals surface area contributed by atoms with Gasteiger partial charge in [0.05, 0.1) is 6.61 Å². The van der Waals surface area contributed by atoms with E-state index in [0.717, 1.165) is 16.9 Å². The molecule has 1 unspecified atom stereocenters. The van der Waals surface area contributed by atoms with Gasteiger partial charge in [0.1, 0.15) is 5.75 Å². The first-order chi connectivity index (χ1) is 7.54. The molecule has 0 fully saturated rings. The van der Waals surface area contributed by atoms with Crippen LogP contribution in [0.5, 0.6) is 5.75 Å². The fraction of sp³-hybridized carbons (Fsp3) is 0.417. The third-order valence-corrected chi connectivity index (χ3v) is 2.35. The van der Waals surface area contributed by atoms with E-state index >= 15 is 0 Å². The summed E-state index contributed by atoms with van der Waals surface area (Å²) >= 11 is 0. The third-order valence-electron chi connectivity index (χ3n) is 2.35. The van der Waals surface area contributed by atoms with Crippen molar-refractivity contribution in [2.75, 3.05) is 6.61 Å². The average molecular weight is 222 g/mol. The van der Waals surface area contributed by atoms with Crippen LogP contribution in [0.4, 0.5) is 0 Å². The lowest BCUT2D eigenvalue weighted by atomic mass is 10.0. The minimum Gasteiger partial charge on any atom is -0.494 e. The van der Waals surface area contributed by atoms with Crippen molar-refractivity contribution in [1.82, 2.24) is 0 Å². The van der Waals surface area contributed by atoms with Gasteiger partial charge in [-0.25, -0.2) is 0 Å². The summed E-state index contributed by atoms with van der Waals surface area (Å²) in [6, 6.07) is 5.33. The Morgan fingerprint density at radius 3 is 2.69 bits per heavy atom. The number of amides is 1. The number of ether oxygens (including phenoxy) is 1. The SMILES string of the molecule is CCOc1ccc(C(N)CC(N)=O)cc1C. The number of carbonyl (C=O) groups is 1. The van der Waals surface area contributed by atoms with Crippen LogP contribution in [0.1, 0.15) is 30.5 Å². The molecular weight excluding hydrogens is 204 g/mol. The lowest BCUT2D eigenvalue weighted by Gasteiger charge is -2.13. The largest absolute Gasteiger partial charge is 0.494 e. The number of hydrogen-bond donors (Lipinski definition) is 2. The van der Waals surface area contributed by atoms with Crippen molar-refractivity contribution >= 4 is 5.91 Å². The molecule has 0 saturated carbocycles. The zero-order valence-corrected chi connectivity index (χ0v) is 9.69. The van der Waals surface area contributed by atoms with Crippen molar-refractivity contribution in [3.63, 3.8) is 0 Å². The maximum absolute atomic E-state index is 10.8. The summed E-state index contributed by atoms with van der Waals surface area (Å²) in [6.45, 7) is 4.52. The van der Waals surface area contributed by atoms with Gasteiger partial charge in [-0.3, -0.25) is 4.79 Å². The van der Waals surface area contributed by atoms with Gasteiger partial charge in [0.15, 0.2) is 0 Å². The Morgan fingerprint density at radius 2 is 2.19 bits per heavy atom.